The number of ether oxygens (including phenoxy) is 2. The number of nitrogens with zero attached hydrogens (tertiary/aromatic N) is 2. The molecule has 0 radical (unpaired) electrons. The van der Waals surface area contributed by atoms with Gasteiger partial charge in [-0.3, -0.25) is 14.9 Å². The first-order valence-corrected chi connectivity index (χ1v) is 9.52. The molecule has 0 atom stereocenters. The highest BCUT2D eigenvalue weighted by Gasteiger charge is 2.18. The Bertz CT molecular complexity index is 985. The van der Waals surface area contributed by atoms with Crippen LogP contribution in [0.1, 0.15) is 18.9 Å². The third kappa shape index (κ3) is 6.58. The molecule has 9 heteroatoms. The minimum Gasteiger partial charge on any atom is -0.449 e. The summed E-state index contributed by atoms with van der Waals surface area (Å²) in [6.07, 6.45) is 1.89. The minimum atomic E-state index is -0.608. The Morgan fingerprint density at radius 3 is 2.73 bits per heavy atom. The van der Waals surface area contributed by atoms with E-state index in [-0.39, 0.29) is 22.8 Å². The molecule has 30 heavy (non-hydrogen) atoms. The Hall–Kier alpha value is -3.41. The second kappa shape index (κ2) is 11.6. The van der Waals surface area contributed by atoms with Crippen molar-refractivity contribution in [2.45, 2.75) is 13.3 Å². The molecular weight excluding hydrogens is 410 g/mol. The Morgan fingerprint density at radius 2 is 2.07 bits per heavy atom. The topological polar surface area (TPSA) is 114 Å². The lowest BCUT2D eigenvalue weighted by atomic mass is 10.1. The van der Waals surface area contributed by atoms with Crippen molar-refractivity contribution < 1.29 is 19.2 Å². The highest BCUT2D eigenvalue weighted by atomic mass is 35.5. The van der Waals surface area contributed by atoms with Crippen molar-refractivity contribution >= 4 is 29.3 Å². The van der Waals surface area contributed by atoms with Crippen molar-refractivity contribution in [1.82, 2.24) is 5.32 Å². The van der Waals surface area contributed by atoms with E-state index in [1.165, 1.54) is 24.3 Å². The summed E-state index contributed by atoms with van der Waals surface area (Å²) in [5.41, 5.74) is -0.173. The summed E-state index contributed by atoms with van der Waals surface area (Å²) in [4.78, 5) is 23.0. The average molecular weight is 430 g/mol. The molecule has 0 aliphatic rings. The molecule has 0 saturated carbocycles. The van der Waals surface area contributed by atoms with Crippen LogP contribution in [-0.2, 0) is 9.53 Å². The maximum Gasteiger partial charge on any atom is 0.312 e. The van der Waals surface area contributed by atoms with Gasteiger partial charge in [0.25, 0.3) is 5.91 Å². The second-order valence-corrected chi connectivity index (χ2v) is 6.40. The average Bonchev–Trinajstić information content (AvgIpc) is 2.74. The number of hydrogen-bond donors (Lipinski definition) is 1. The fourth-order valence-corrected chi connectivity index (χ4v) is 2.60. The van der Waals surface area contributed by atoms with Crippen LogP contribution < -0.4 is 10.1 Å². The molecule has 0 bridgehead atoms. The molecule has 0 aliphatic carbocycles. The molecule has 156 valence electrons. The van der Waals surface area contributed by atoms with E-state index in [4.69, 9.17) is 21.1 Å². The van der Waals surface area contributed by atoms with Gasteiger partial charge in [0.15, 0.2) is 0 Å². The molecule has 0 saturated heterocycles. The van der Waals surface area contributed by atoms with Crippen LogP contribution in [0.5, 0.6) is 11.5 Å². The van der Waals surface area contributed by atoms with Crippen LogP contribution in [0.4, 0.5) is 5.69 Å². The first kappa shape index (κ1) is 22.9. The molecule has 0 spiro atoms. The van der Waals surface area contributed by atoms with E-state index in [9.17, 15) is 20.2 Å². The number of carbonyl (C=O) groups is 1. The van der Waals surface area contributed by atoms with Crippen LogP contribution in [0, 0.1) is 21.4 Å². The summed E-state index contributed by atoms with van der Waals surface area (Å²) < 4.78 is 10.7. The normalized spacial score (nSPS) is 10.9. The molecule has 0 heterocycles. The quantitative estimate of drug-likeness (QED) is 0.195. The molecule has 2 aromatic carbocycles. The number of amides is 1. The zero-order valence-corrected chi connectivity index (χ0v) is 17.0. The van der Waals surface area contributed by atoms with Crippen LogP contribution in [0.25, 0.3) is 6.08 Å². The van der Waals surface area contributed by atoms with Crippen molar-refractivity contribution in [1.29, 1.82) is 5.26 Å². The number of nitro groups is 1. The lowest BCUT2D eigenvalue weighted by Crippen LogP contribution is -2.26. The lowest BCUT2D eigenvalue weighted by molar-refractivity contribution is -0.385. The minimum absolute atomic E-state index is 0.0101. The van der Waals surface area contributed by atoms with E-state index in [1.807, 2.05) is 13.0 Å². The number of rotatable bonds is 10. The zero-order valence-electron chi connectivity index (χ0n) is 16.3. The van der Waals surface area contributed by atoms with E-state index in [0.717, 1.165) is 0 Å². The molecule has 1 amide bonds. The Balaban J connectivity index is 2.19. The van der Waals surface area contributed by atoms with Crippen LogP contribution in [0.3, 0.4) is 0 Å². The molecule has 2 rings (SSSR count). The van der Waals surface area contributed by atoms with E-state index in [1.54, 1.807) is 24.3 Å². The number of nitro benzene ring substituents is 1. The Morgan fingerprint density at radius 1 is 1.30 bits per heavy atom. The predicted octanol–water partition coefficient (Wildman–Crippen LogP) is 4.49. The highest BCUT2D eigenvalue weighted by molar-refractivity contribution is 6.32. The van der Waals surface area contributed by atoms with Crippen molar-refractivity contribution in [3.8, 4) is 17.6 Å². The van der Waals surface area contributed by atoms with E-state index in [0.29, 0.717) is 36.8 Å². The predicted molar refractivity (Wildman–Crippen MR) is 112 cm³/mol. The molecule has 2 aromatic rings. The fourth-order valence-electron chi connectivity index (χ4n) is 2.43. The van der Waals surface area contributed by atoms with Crippen molar-refractivity contribution in [2.24, 2.45) is 0 Å². The molecule has 8 nitrogen and oxygen atoms in total. The van der Waals surface area contributed by atoms with Gasteiger partial charge in [0.2, 0.25) is 5.75 Å². The molecule has 0 aliphatic heterocycles. The van der Waals surface area contributed by atoms with Gasteiger partial charge in [0, 0.05) is 25.8 Å². The van der Waals surface area contributed by atoms with E-state index >= 15 is 0 Å². The van der Waals surface area contributed by atoms with Crippen LogP contribution in [0.15, 0.2) is 48.0 Å². The summed E-state index contributed by atoms with van der Waals surface area (Å²) in [5.74, 6) is -0.299. The molecule has 0 unspecified atom stereocenters. The SMILES string of the molecule is CCOCCCNC(=O)/C(C#N)=C/c1ccc(Oc2ccccc2Cl)c([N+](=O)[O-])c1. The first-order valence-electron chi connectivity index (χ1n) is 9.14. The van der Waals surface area contributed by atoms with Crippen molar-refractivity contribution in [3.63, 3.8) is 0 Å². The van der Waals surface area contributed by atoms with Gasteiger partial charge in [-0.25, -0.2) is 0 Å². The maximum atomic E-state index is 12.2. The van der Waals surface area contributed by atoms with Gasteiger partial charge in [-0.1, -0.05) is 29.8 Å². The van der Waals surface area contributed by atoms with Crippen LogP contribution in [-0.4, -0.2) is 30.6 Å². The molecular formula is C21H20ClN3O5. The van der Waals surface area contributed by atoms with Gasteiger partial charge >= 0.3 is 5.69 Å². The highest BCUT2D eigenvalue weighted by Crippen LogP contribution is 2.35. The van der Waals surface area contributed by atoms with Gasteiger partial charge in [-0.15, -0.1) is 0 Å². The Labute approximate surface area is 178 Å². The number of nitriles is 1. The summed E-state index contributed by atoms with van der Waals surface area (Å²) in [5, 5.41) is 23.7. The van der Waals surface area contributed by atoms with E-state index in [2.05, 4.69) is 5.32 Å². The van der Waals surface area contributed by atoms with Gasteiger partial charge in [0.1, 0.15) is 17.4 Å². The maximum absolute atomic E-state index is 12.2. The van der Waals surface area contributed by atoms with Gasteiger partial charge in [0.05, 0.1) is 9.95 Å². The first-order chi connectivity index (χ1) is 14.5. The number of benzene rings is 2. The lowest BCUT2D eigenvalue weighted by Gasteiger charge is -2.08. The van der Waals surface area contributed by atoms with Crippen LogP contribution in [0.2, 0.25) is 5.02 Å². The monoisotopic (exact) mass is 429 g/mol. The van der Waals surface area contributed by atoms with Gasteiger partial charge < -0.3 is 14.8 Å². The largest absolute Gasteiger partial charge is 0.449 e. The molecule has 1 N–H and O–H groups in total. The zero-order chi connectivity index (χ0) is 21.9. The van der Waals surface area contributed by atoms with Gasteiger partial charge in [-0.2, -0.15) is 5.26 Å². The number of nitrogens with one attached hydrogen (secondary N) is 1. The smallest absolute Gasteiger partial charge is 0.312 e. The number of hydrogen-bond acceptors (Lipinski definition) is 6. The summed E-state index contributed by atoms with van der Waals surface area (Å²) in [7, 11) is 0. The third-order valence-corrected chi connectivity index (χ3v) is 4.18. The summed E-state index contributed by atoms with van der Waals surface area (Å²) in [6.45, 7) is 3.31. The summed E-state index contributed by atoms with van der Waals surface area (Å²) >= 11 is 6.04. The number of halogens is 1. The third-order valence-electron chi connectivity index (χ3n) is 3.87. The summed E-state index contributed by atoms with van der Waals surface area (Å²) in [6, 6.07) is 12.5. The Kier molecular flexibility index (Phi) is 8.81. The van der Waals surface area contributed by atoms with Crippen molar-refractivity contribution in [3.05, 3.63) is 68.7 Å². The van der Waals surface area contributed by atoms with Crippen molar-refractivity contribution in [2.75, 3.05) is 19.8 Å². The standard InChI is InChI=1S/C21H20ClN3O5/c1-2-29-11-5-10-24-21(26)16(14-23)12-15-8-9-20(18(13-15)25(27)28)30-19-7-4-3-6-17(19)22/h3-4,6-9,12-13H,2,5,10-11H2,1H3,(H,24,26)/b16-12+. The molecule has 0 aromatic heterocycles. The van der Waals surface area contributed by atoms with Gasteiger partial charge in [-0.05, 0) is 43.2 Å². The molecule has 0 fully saturated rings. The van der Waals surface area contributed by atoms with E-state index < -0.39 is 10.8 Å². The van der Waals surface area contributed by atoms with Crippen LogP contribution >= 0.6 is 11.6 Å². The number of carbonyl (C=O) groups excluding carboxylic acids is 1. The number of para-hydroxylation sites is 1. The fraction of sp³-hybridized carbons (Fsp3) is 0.238. The second-order valence-electron chi connectivity index (χ2n) is 5.99.